The molecule has 0 radical (unpaired) electrons. The molecule has 1 amide bonds. The van der Waals surface area contributed by atoms with Gasteiger partial charge in [0.25, 0.3) is 0 Å². The first-order valence-corrected chi connectivity index (χ1v) is 7.79. The van der Waals surface area contributed by atoms with E-state index < -0.39 is 0 Å². The summed E-state index contributed by atoms with van der Waals surface area (Å²) in [7, 11) is 0. The maximum absolute atomic E-state index is 12.6. The Hall–Kier alpha value is -1.59. The molecule has 1 aromatic carbocycles. The lowest BCUT2D eigenvalue weighted by atomic mass is 10.1. The number of amides is 1. The predicted molar refractivity (Wildman–Crippen MR) is 86.2 cm³/mol. The zero-order valence-electron chi connectivity index (χ0n) is 13.1. The Kier molecular flexibility index (Phi) is 5.42. The molecule has 1 unspecified atom stereocenters. The van der Waals surface area contributed by atoms with Gasteiger partial charge in [0.15, 0.2) is 0 Å². The highest BCUT2D eigenvalue weighted by Crippen LogP contribution is 2.27. The first-order chi connectivity index (χ1) is 10.4. The zero-order chi connectivity index (χ0) is 16.3. The van der Waals surface area contributed by atoms with E-state index in [0.29, 0.717) is 24.7 Å². The van der Waals surface area contributed by atoms with Gasteiger partial charge in [-0.25, -0.2) is 0 Å². The number of rotatable bonds is 4. The quantitative estimate of drug-likeness (QED) is 0.797. The number of hydrogen-bond acceptors (Lipinski definition) is 4. The molecule has 0 aromatic heterocycles. The van der Waals surface area contributed by atoms with Gasteiger partial charge in [-0.2, -0.15) is 0 Å². The number of halogens is 1. The van der Waals surface area contributed by atoms with Gasteiger partial charge >= 0.3 is 5.97 Å². The van der Waals surface area contributed by atoms with Crippen LogP contribution in [0.25, 0.3) is 0 Å². The summed E-state index contributed by atoms with van der Waals surface area (Å²) < 4.78 is 4.95. The first kappa shape index (κ1) is 16.8. The van der Waals surface area contributed by atoms with E-state index in [2.05, 4.69) is 0 Å². The molecule has 1 aromatic rings. The molecule has 0 aliphatic carbocycles. The molecule has 1 fully saturated rings. The van der Waals surface area contributed by atoms with E-state index in [1.165, 1.54) is 0 Å². The Morgan fingerprint density at radius 1 is 1.41 bits per heavy atom. The molecule has 22 heavy (non-hydrogen) atoms. The Balaban J connectivity index is 2.12. The van der Waals surface area contributed by atoms with E-state index in [1.807, 2.05) is 36.9 Å². The van der Waals surface area contributed by atoms with Crippen LogP contribution in [-0.4, -0.2) is 49.1 Å². The summed E-state index contributed by atoms with van der Waals surface area (Å²) in [6, 6.07) is 5.16. The molecule has 1 atom stereocenters. The topological polar surface area (TPSA) is 49.9 Å². The fourth-order valence-electron chi connectivity index (χ4n) is 2.61. The van der Waals surface area contributed by atoms with Crippen molar-refractivity contribution < 1.29 is 14.3 Å². The Labute approximate surface area is 135 Å². The van der Waals surface area contributed by atoms with Gasteiger partial charge in [-0.1, -0.05) is 17.7 Å². The number of ether oxygens (including phenoxy) is 1. The summed E-state index contributed by atoms with van der Waals surface area (Å²) in [4.78, 5) is 27.8. The fraction of sp³-hybridized carbons (Fsp3) is 0.500. The largest absolute Gasteiger partial charge is 0.465 e. The number of carbonyl (C=O) groups excluding carboxylic acids is 2. The lowest BCUT2D eigenvalue weighted by Crippen LogP contribution is -2.57. The second-order valence-corrected chi connectivity index (χ2v) is 5.81. The van der Waals surface area contributed by atoms with Gasteiger partial charge in [0, 0.05) is 23.8 Å². The summed E-state index contributed by atoms with van der Waals surface area (Å²) in [5.74, 6) is -0.324. The van der Waals surface area contributed by atoms with Crippen LogP contribution >= 0.6 is 11.6 Å². The standard InChI is InChI=1S/C16H21ClN2O3/c1-4-22-15(20)10-18-7-8-19(16(21)12(18)3)14-9-13(17)6-5-11(14)2/h5-6,9,12H,4,7-8,10H2,1-3H3. The van der Waals surface area contributed by atoms with Gasteiger partial charge in [-0.05, 0) is 38.5 Å². The summed E-state index contributed by atoms with van der Waals surface area (Å²) in [6.07, 6.45) is 0. The Bertz CT molecular complexity index is 577. The smallest absolute Gasteiger partial charge is 0.320 e. The number of carbonyl (C=O) groups is 2. The lowest BCUT2D eigenvalue weighted by molar-refractivity contribution is -0.145. The molecule has 5 nitrogen and oxygen atoms in total. The monoisotopic (exact) mass is 324 g/mol. The predicted octanol–water partition coefficient (Wildman–Crippen LogP) is 2.25. The minimum atomic E-state index is -0.364. The van der Waals surface area contributed by atoms with Crippen LogP contribution in [0.1, 0.15) is 19.4 Å². The number of aryl methyl sites for hydroxylation is 1. The molecule has 0 saturated carbocycles. The zero-order valence-corrected chi connectivity index (χ0v) is 13.9. The third-order valence-electron chi connectivity index (χ3n) is 3.88. The fourth-order valence-corrected chi connectivity index (χ4v) is 2.78. The van der Waals surface area contributed by atoms with Crippen LogP contribution in [-0.2, 0) is 14.3 Å². The van der Waals surface area contributed by atoms with Gasteiger partial charge in [0.05, 0.1) is 19.2 Å². The van der Waals surface area contributed by atoms with Crippen LogP contribution in [0.4, 0.5) is 5.69 Å². The Morgan fingerprint density at radius 3 is 2.82 bits per heavy atom. The van der Waals surface area contributed by atoms with Gasteiger partial charge < -0.3 is 9.64 Å². The van der Waals surface area contributed by atoms with Crippen molar-refractivity contribution >= 4 is 29.2 Å². The molecule has 1 saturated heterocycles. The van der Waals surface area contributed by atoms with Crippen molar-refractivity contribution in [3.8, 4) is 0 Å². The van der Waals surface area contributed by atoms with Crippen LogP contribution in [0.15, 0.2) is 18.2 Å². The molecule has 120 valence electrons. The number of hydrogen-bond donors (Lipinski definition) is 0. The lowest BCUT2D eigenvalue weighted by Gasteiger charge is -2.39. The van der Waals surface area contributed by atoms with Crippen molar-refractivity contribution in [2.45, 2.75) is 26.8 Å². The highest BCUT2D eigenvalue weighted by atomic mass is 35.5. The van der Waals surface area contributed by atoms with Crippen LogP contribution in [0, 0.1) is 6.92 Å². The second-order valence-electron chi connectivity index (χ2n) is 5.37. The molecular weight excluding hydrogens is 304 g/mol. The summed E-state index contributed by atoms with van der Waals surface area (Å²) in [6.45, 7) is 7.18. The number of nitrogens with zero attached hydrogens (tertiary/aromatic N) is 2. The van der Waals surface area contributed by atoms with Gasteiger partial charge in [-0.15, -0.1) is 0 Å². The average Bonchev–Trinajstić information content (AvgIpc) is 2.47. The minimum absolute atomic E-state index is 0.0269. The van der Waals surface area contributed by atoms with Crippen molar-refractivity contribution in [2.24, 2.45) is 0 Å². The minimum Gasteiger partial charge on any atom is -0.465 e. The van der Waals surface area contributed by atoms with Gasteiger partial charge in [0.2, 0.25) is 5.91 Å². The number of esters is 1. The number of anilines is 1. The molecule has 1 aliphatic heterocycles. The van der Waals surface area contributed by atoms with Crippen molar-refractivity contribution in [2.75, 3.05) is 31.1 Å². The van der Waals surface area contributed by atoms with E-state index in [-0.39, 0.29) is 24.5 Å². The molecule has 0 bridgehead atoms. The van der Waals surface area contributed by atoms with Crippen molar-refractivity contribution in [3.05, 3.63) is 28.8 Å². The van der Waals surface area contributed by atoms with Crippen molar-refractivity contribution in [1.29, 1.82) is 0 Å². The first-order valence-electron chi connectivity index (χ1n) is 7.41. The third kappa shape index (κ3) is 3.59. The SMILES string of the molecule is CCOC(=O)CN1CCN(c2cc(Cl)ccc2C)C(=O)C1C. The van der Waals surface area contributed by atoms with E-state index in [4.69, 9.17) is 16.3 Å². The van der Waals surface area contributed by atoms with Crippen LogP contribution in [0.2, 0.25) is 5.02 Å². The molecule has 0 spiro atoms. The molecule has 1 heterocycles. The van der Waals surface area contributed by atoms with Crippen LogP contribution in [0.5, 0.6) is 0 Å². The van der Waals surface area contributed by atoms with Crippen LogP contribution in [0.3, 0.4) is 0 Å². The Morgan fingerprint density at radius 2 is 2.14 bits per heavy atom. The molecule has 1 aliphatic rings. The highest BCUT2D eigenvalue weighted by Gasteiger charge is 2.33. The normalized spacial score (nSPS) is 19.4. The second kappa shape index (κ2) is 7.11. The van der Waals surface area contributed by atoms with E-state index in [1.54, 1.807) is 11.8 Å². The maximum atomic E-state index is 12.6. The molecule has 6 heteroatoms. The molecule has 0 N–H and O–H groups in total. The van der Waals surface area contributed by atoms with Gasteiger partial charge in [-0.3, -0.25) is 14.5 Å². The molecule has 2 rings (SSSR count). The van der Waals surface area contributed by atoms with Crippen LogP contribution < -0.4 is 4.90 Å². The van der Waals surface area contributed by atoms with E-state index in [9.17, 15) is 9.59 Å². The van der Waals surface area contributed by atoms with E-state index in [0.717, 1.165) is 11.3 Å². The third-order valence-corrected chi connectivity index (χ3v) is 4.12. The van der Waals surface area contributed by atoms with Crippen molar-refractivity contribution in [3.63, 3.8) is 0 Å². The number of benzene rings is 1. The summed E-state index contributed by atoms with van der Waals surface area (Å²) >= 11 is 6.04. The average molecular weight is 325 g/mol. The molecular formula is C16H21ClN2O3. The summed E-state index contributed by atoms with van der Waals surface area (Å²) in [5, 5.41) is 0.606. The number of piperazine rings is 1. The summed E-state index contributed by atoms with van der Waals surface area (Å²) in [5.41, 5.74) is 1.84. The van der Waals surface area contributed by atoms with Crippen molar-refractivity contribution in [1.82, 2.24) is 4.90 Å². The van der Waals surface area contributed by atoms with E-state index >= 15 is 0 Å². The highest BCUT2D eigenvalue weighted by molar-refractivity contribution is 6.31. The maximum Gasteiger partial charge on any atom is 0.320 e. The van der Waals surface area contributed by atoms with Gasteiger partial charge in [0.1, 0.15) is 0 Å².